The second-order valence-corrected chi connectivity index (χ2v) is 5.70. The van der Waals surface area contributed by atoms with Crippen molar-refractivity contribution in [3.05, 3.63) is 58.8 Å². The lowest BCUT2D eigenvalue weighted by molar-refractivity contribution is 0.0167. The molecule has 0 aromatic carbocycles. The first-order valence-electron chi connectivity index (χ1n) is 8.18. The minimum Gasteiger partial charge on any atom is -0.379 e. The van der Waals surface area contributed by atoms with E-state index in [0.717, 1.165) is 18.7 Å². The van der Waals surface area contributed by atoms with Gasteiger partial charge >= 0.3 is 6.03 Å². The molecule has 3 heterocycles. The Kier molecular flexibility index (Phi) is 5.76. The fourth-order valence-electron chi connectivity index (χ4n) is 2.80. The number of carbonyl (C=O) groups is 1. The Morgan fingerprint density at radius 1 is 1.32 bits per heavy atom. The highest BCUT2D eigenvalue weighted by Crippen LogP contribution is 2.20. The van der Waals surface area contributed by atoms with Crippen molar-refractivity contribution in [2.45, 2.75) is 6.04 Å². The second kappa shape index (κ2) is 8.41. The molecule has 1 saturated heterocycles. The van der Waals surface area contributed by atoms with Crippen molar-refractivity contribution in [2.75, 3.05) is 38.2 Å². The number of hydrogen-bond acceptors (Lipinski definition) is 5. The van der Waals surface area contributed by atoms with Crippen molar-refractivity contribution < 1.29 is 9.53 Å². The number of ether oxygens (including phenoxy) is 1. The molecule has 1 fully saturated rings. The van der Waals surface area contributed by atoms with Gasteiger partial charge in [-0.3, -0.25) is 14.7 Å². The maximum atomic E-state index is 12.1. The molecule has 132 valence electrons. The zero-order valence-electron chi connectivity index (χ0n) is 13.8. The number of aromatic amines is 1. The van der Waals surface area contributed by atoms with E-state index in [1.807, 2.05) is 18.3 Å². The molecule has 0 spiro atoms. The van der Waals surface area contributed by atoms with Gasteiger partial charge in [-0.15, -0.1) is 0 Å². The van der Waals surface area contributed by atoms with Crippen molar-refractivity contribution in [3.8, 4) is 0 Å². The number of rotatable bonds is 5. The van der Waals surface area contributed by atoms with Gasteiger partial charge in [-0.2, -0.15) is 0 Å². The molecule has 25 heavy (non-hydrogen) atoms. The Bertz CT molecular complexity index is 743. The van der Waals surface area contributed by atoms with Crippen LogP contribution in [0.2, 0.25) is 0 Å². The fraction of sp³-hybridized carbons (Fsp3) is 0.353. The van der Waals surface area contributed by atoms with Crippen molar-refractivity contribution in [2.24, 2.45) is 0 Å². The van der Waals surface area contributed by atoms with Crippen LogP contribution in [0.15, 0.2) is 47.7 Å². The normalized spacial score (nSPS) is 16.2. The Morgan fingerprint density at radius 3 is 2.88 bits per heavy atom. The molecule has 1 aliphatic rings. The number of nitrogens with zero attached hydrogens (tertiary/aromatic N) is 2. The molecule has 3 N–H and O–H groups in total. The van der Waals surface area contributed by atoms with Gasteiger partial charge in [0, 0.05) is 38.2 Å². The zero-order chi connectivity index (χ0) is 17.5. The van der Waals surface area contributed by atoms with Gasteiger partial charge < -0.3 is 20.4 Å². The van der Waals surface area contributed by atoms with Crippen LogP contribution in [-0.2, 0) is 4.74 Å². The highest BCUT2D eigenvalue weighted by Gasteiger charge is 2.23. The minimum atomic E-state index is -0.418. The van der Waals surface area contributed by atoms with E-state index in [2.05, 4.69) is 25.5 Å². The fourth-order valence-corrected chi connectivity index (χ4v) is 2.80. The molecule has 2 aromatic rings. The lowest BCUT2D eigenvalue weighted by atomic mass is 10.1. The molecule has 0 bridgehead atoms. The Hall–Kier alpha value is -2.71. The maximum Gasteiger partial charge on any atom is 0.319 e. The summed E-state index contributed by atoms with van der Waals surface area (Å²) < 4.78 is 5.41. The third-order valence-electron chi connectivity index (χ3n) is 4.08. The summed E-state index contributed by atoms with van der Waals surface area (Å²) >= 11 is 0. The summed E-state index contributed by atoms with van der Waals surface area (Å²) in [5.74, 6) is 0. The molecule has 2 aromatic heterocycles. The summed E-state index contributed by atoms with van der Waals surface area (Å²) in [5, 5.41) is 5.41. The third kappa shape index (κ3) is 4.65. The summed E-state index contributed by atoms with van der Waals surface area (Å²) in [6.07, 6.45) is 5.05. The van der Waals surface area contributed by atoms with Gasteiger partial charge in [-0.05, 0) is 23.8 Å². The van der Waals surface area contributed by atoms with Crippen LogP contribution < -0.4 is 16.2 Å². The molecule has 0 aliphatic carbocycles. The summed E-state index contributed by atoms with van der Waals surface area (Å²) in [7, 11) is 0. The number of morpholine rings is 1. The van der Waals surface area contributed by atoms with E-state index in [0.29, 0.717) is 19.8 Å². The first-order chi connectivity index (χ1) is 12.2. The van der Waals surface area contributed by atoms with Crippen LogP contribution in [0.5, 0.6) is 0 Å². The van der Waals surface area contributed by atoms with Crippen LogP contribution >= 0.6 is 0 Å². The van der Waals surface area contributed by atoms with Gasteiger partial charge in [0.1, 0.15) is 5.69 Å². The highest BCUT2D eigenvalue weighted by molar-refractivity contribution is 5.88. The Morgan fingerprint density at radius 2 is 2.16 bits per heavy atom. The molecule has 3 rings (SSSR count). The minimum absolute atomic E-state index is 0.00240. The molecular formula is C17H21N5O3. The van der Waals surface area contributed by atoms with E-state index in [-0.39, 0.29) is 17.3 Å². The van der Waals surface area contributed by atoms with E-state index >= 15 is 0 Å². The van der Waals surface area contributed by atoms with Crippen molar-refractivity contribution in [3.63, 3.8) is 0 Å². The average molecular weight is 343 g/mol. The SMILES string of the molecule is O=C(NC[C@@H](c1cccnc1)N1CCOCC1)Nc1ccc[nH]c1=O. The zero-order valence-corrected chi connectivity index (χ0v) is 13.8. The Labute approximate surface area is 145 Å². The molecule has 0 radical (unpaired) electrons. The number of hydrogen-bond donors (Lipinski definition) is 3. The highest BCUT2D eigenvalue weighted by atomic mass is 16.5. The van der Waals surface area contributed by atoms with Crippen LogP contribution in [0.25, 0.3) is 0 Å². The lowest BCUT2D eigenvalue weighted by Crippen LogP contribution is -2.44. The monoisotopic (exact) mass is 343 g/mol. The molecule has 0 unspecified atom stereocenters. The van der Waals surface area contributed by atoms with Gasteiger partial charge in [0.05, 0.1) is 19.3 Å². The van der Waals surface area contributed by atoms with Crippen LogP contribution in [0, 0.1) is 0 Å². The third-order valence-corrected chi connectivity index (χ3v) is 4.08. The lowest BCUT2D eigenvalue weighted by Gasteiger charge is -2.34. The molecule has 0 saturated carbocycles. The largest absolute Gasteiger partial charge is 0.379 e. The van der Waals surface area contributed by atoms with Crippen molar-refractivity contribution in [1.82, 2.24) is 20.2 Å². The summed E-state index contributed by atoms with van der Waals surface area (Å²) in [6, 6.07) is 6.67. The van der Waals surface area contributed by atoms with E-state index < -0.39 is 6.03 Å². The van der Waals surface area contributed by atoms with Crippen molar-refractivity contribution >= 4 is 11.7 Å². The molecular weight excluding hydrogens is 322 g/mol. The standard InChI is InChI=1S/C17H21N5O3/c23-16-14(4-2-6-19-16)21-17(24)20-12-15(13-3-1-5-18-11-13)22-7-9-25-10-8-22/h1-6,11,15H,7-10,12H2,(H,19,23)(H2,20,21,24)/t15-/m0/s1. The number of pyridine rings is 2. The average Bonchev–Trinajstić information content (AvgIpc) is 2.66. The van der Waals surface area contributed by atoms with Gasteiger partial charge in [0.15, 0.2) is 0 Å². The predicted octanol–water partition coefficient (Wildman–Crippen LogP) is 0.965. The van der Waals surface area contributed by atoms with Crippen LogP contribution in [-0.4, -0.2) is 53.7 Å². The van der Waals surface area contributed by atoms with E-state index in [1.165, 1.54) is 6.20 Å². The summed E-state index contributed by atoms with van der Waals surface area (Å²) in [6.45, 7) is 3.33. The number of aromatic nitrogens is 2. The summed E-state index contributed by atoms with van der Waals surface area (Å²) in [5.41, 5.74) is 0.904. The number of amides is 2. The number of carbonyl (C=O) groups excluding carboxylic acids is 1. The van der Waals surface area contributed by atoms with Crippen molar-refractivity contribution in [1.29, 1.82) is 0 Å². The Balaban J connectivity index is 1.65. The number of anilines is 1. The molecule has 8 nitrogen and oxygen atoms in total. The topological polar surface area (TPSA) is 99.3 Å². The molecule has 2 amide bonds. The summed E-state index contributed by atoms with van der Waals surface area (Å²) in [4.78, 5) is 32.7. The van der Waals surface area contributed by atoms with E-state index in [9.17, 15) is 9.59 Å². The van der Waals surface area contributed by atoms with Gasteiger partial charge in [0.2, 0.25) is 0 Å². The number of urea groups is 1. The smallest absolute Gasteiger partial charge is 0.319 e. The van der Waals surface area contributed by atoms with Gasteiger partial charge in [-0.1, -0.05) is 6.07 Å². The first kappa shape index (κ1) is 17.1. The quantitative estimate of drug-likeness (QED) is 0.751. The molecule has 8 heteroatoms. The second-order valence-electron chi connectivity index (χ2n) is 5.70. The van der Waals surface area contributed by atoms with Crippen LogP contribution in [0.4, 0.5) is 10.5 Å². The van der Waals surface area contributed by atoms with Crippen LogP contribution in [0.3, 0.4) is 0 Å². The van der Waals surface area contributed by atoms with Gasteiger partial charge in [-0.25, -0.2) is 4.79 Å². The first-order valence-corrected chi connectivity index (χ1v) is 8.18. The number of nitrogens with one attached hydrogen (secondary N) is 3. The van der Waals surface area contributed by atoms with Gasteiger partial charge in [0.25, 0.3) is 5.56 Å². The molecule has 1 aliphatic heterocycles. The van der Waals surface area contributed by atoms with E-state index in [4.69, 9.17) is 4.74 Å². The van der Waals surface area contributed by atoms with Crippen LogP contribution in [0.1, 0.15) is 11.6 Å². The molecule has 1 atom stereocenters. The maximum absolute atomic E-state index is 12.1. The number of H-pyrrole nitrogens is 1. The predicted molar refractivity (Wildman–Crippen MR) is 93.5 cm³/mol. The van der Waals surface area contributed by atoms with E-state index in [1.54, 1.807) is 18.3 Å².